The van der Waals surface area contributed by atoms with Gasteiger partial charge in [-0.25, -0.2) is 0 Å². The molecule has 160 valence electrons. The minimum absolute atomic E-state index is 0.0310. The quantitative estimate of drug-likeness (QED) is 0.662. The third-order valence-corrected chi connectivity index (χ3v) is 5.60. The number of hydrogen-bond donors (Lipinski definition) is 1. The molecule has 1 unspecified atom stereocenters. The maximum absolute atomic E-state index is 13.1. The summed E-state index contributed by atoms with van der Waals surface area (Å²) in [6, 6.07) is 16.3. The van der Waals surface area contributed by atoms with Crippen molar-refractivity contribution in [2.24, 2.45) is 5.92 Å². The molecule has 7 heteroatoms. The maximum Gasteiger partial charge on any atom is 0.289 e. The Bertz CT molecular complexity index is 995. The topological polar surface area (TPSA) is 84.7 Å². The summed E-state index contributed by atoms with van der Waals surface area (Å²) in [5.74, 6) is 0.760. The molecule has 7 nitrogen and oxygen atoms in total. The molecule has 1 aliphatic heterocycles. The van der Waals surface area contributed by atoms with Crippen molar-refractivity contribution in [1.29, 1.82) is 0 Å². The molecule has 1 saturated heterocycles. The van der Waals surface area contributed by atoms with Crippen LogP contribution in [0.25, 0.3) is 0 Å². The average Bonchev–Trinajstić information content (AvgIpc) is 3.38. The van der Waals surface area contributed by atoms with Gasteiger partial charge in [-0.15, -0.1) is 0 Å². The van der Waals surface area contributed by atoms with Gasteiger partial charge in [-0.3, -0.25) is 14.6 Å². The Hall–Kier alpha value is -3.61. The highest BCUT2D eigenvalue weighted by atomic mass is 16.5. The second-order valence-electron chi connectivity index (χ2n) is 7.51. The molecule has 2 aromatic heterocycles. The number of amides is 2. The number of hydrogen-bond acceptors (Lipinski definition) is 5. The van der Waals surface area contributed by atoms with Gasteiger partial charge >= 0.3 is 0 Å². The van der Waals surface area contributed by atoms with Crippen LogP contribution in [0.15, 0.2) is 71.5 Å². The van der Waals surface area contributed by atoms with Gasteiger partial charge in [0.15, 0.2) is 5.76 Å². The number of likely N-dealkylation sites (tertiary alicyclic amines) is 1. The largest absolute Gasteiger partial charge is 0.497 e. The highest BCUT2D eigenvalue weighted by molar-refractivity contribution is 5.91. The number of aromatic nitrogens is 1. The molecule has 0 aliphatic carbocycles. The van der Waals surface area contributed by atoms with E-state index in [1.54, 1.807) is 30.3 Å². The molecule has 1 aliphatic rings. The molecular weight excluding hydrogens is 394 g/mol. The number of carbonyl (C=O) groups excluding carboxylic acids is 2. The van der Waals surface area contributed by atoms with Crippen LogP contribution in [0.4, 0.5) is 0 Å². The van der Waals surface area contributed by atoms with E-state index < -0.39 is 0 Å². The molecule has 0 radical (unpaired) electrons. The number of rotatable bonds is 6. The zero-order valence-electron chi connectivity index (χ0n) is 17.4. The van der Waals surface area contributed by atoms with E-state index in [4.69, 9.17) is 9.15 Å². The number of pyridine rings is 1. The third-order valence-electron chi connectivity index (χ3n) is 5.60. The zero-order valence-corrected chi connectivity index (χ0v) is 17.4. The van der Waals surface area contributed by atoms with E-state index in [9.17, 15) is 9.59 Å². The van der Waals surface area contributed by atoms with Crippen molar-refractivity contribution < 1.29 is 18.7 Å². The number of nitrogens with one attached hydrogen (secondary N) is 1. The summed E-state index contributed by atoms with van der Waals surface area (Å²) in [6.45, 7) is 1.04. The van der Waals surface area contributed by atoms with Gasteiger partial charge in [-0.2, -0.15) is 0 Å². The highest BCUT2D eigenvalue weighted by Gasteiger charge is 2.30. The van der Waals surface area contributed by atoms with Gasteiger partial charge in [0.1, 0.15) is 5.75 Å². The van der Waals surface area contributed by atoms with E-state index in [-0.39, 0.29) is 23.8 Å². The molecule has 31 heavy (non-hydrogen) atoms. The van der Waals surface area contributed by atoms with E-state index in [0.717, 1.165) is 17.0 Å². The van der Waals surface area contributed by atoms with Gasteiger partial charge in [0.2, 0.25) is 5.91 Å². The molecule has 2 amide bonds. The van der Waals surface area contributed by atoms with E-state index >= 15 is 0 Å². The van der Waals surface area contributed by atoms with Gasteiger partial charge in [-0.05, 0) is 54.8 Å². The van der Waals surface area contributed by atoms with Crippen LogP contribution in [0.3, 0.4) is 0 Å². The number of piperidine rings is 1. The van der Waals surface area contributed by atoms with Crippen molar-refractivity contribution in [2.75, 3.05) is 20.2 Å². The number of furan rings is 1. The predicted molar refractivity (Wildman–Crippen MR) is 115 cm³/mol. The summed E-state index contributed by atoms with van der Waals surface area (Å²) < 4.78 is 10.4. The average molecular weight is 419 g/mol. The third kappa shape index (κ3) is 4.77. The van der Waals surface area contributed by atoms with Crippen LogP contribution in [-0.4, -0.2) is 41.9 Å². The normalized spacial score (nSPS) is 15.3. The van der Waals surface area contributed by atoms with Crippen molar-refractivity contribution in [1.82, 2.24) is 15.2 Å². The number of methoxy groups -OCH3 is 1. The maximum atomic E-state index is 13.1. The van der Waals surface area contributed by atoms with Crippen LogP contribution in [0.5, 0.6) is 5.75 Å². The van der Waals surface area contributed by atoms with Crippen molar-refractivity contribution in [3.8, 4) is 5.75 Å². The minimum Gasteiger partial charge on any atom is -0.497 e. The standard InChI is InChI=1S/C24H25N3O4/c1-30-19-9-7-17(8-10-19)22(20-5-2-3-13-25-20)26-23(28)18-11-14-27(15-12-18)24(29)21-6-4-16-31-21/h2-10,13,16,18,22H,11-12,14-15H2,1H3,(H,26,28). The summed E-state index contributed by atoms with van der Waals surface area (Å²) in [5.41, 5.74) is 1.70. The minimum atomic E-state index is -0.359. The summed E-state index contributed by atoms with van der Waals surface area (Å²) in [5, 5.41) is 3.16. The van der Waals surface area contributed by atoms with E-state index in [2.05, 4.69) is 10.3 Å². The summed E-state index contributed by atoms with van der Waals surface area (Å²) >= 11 is 0. The van der Waals surface area contributed by atoms with Crippen molar-refractivity contribution in [3.05, 3.63) is 84.1 Å². The molecular formula is C24H25N3O4. The molecule has 0 bridgehead atoms. The van der Waals surface area contributed by atoms with E-state index in [1.165, 1.54) is 6.26 Å². The van der Waals surface area contributed by atoms with Crippen LogP contribution in [0.1, 0.15) is 40.7 Å². The molecule has 1 fully saturated rings. The highest BCUT2D eigenvalue weighted by Crippen LogP contribution is 2.25. The number of ether oxygens (including phenoxy) is 1. The first-order valence-electron chi connectivity index (χ1n) is 10.3. The van der Waals surface area contributed by atoms with Crippen LogP contribution in [0.2, 0.25) is 0 Å². The Morgan fingerprint density at radius 2 is 1.87 bits per heavy atom. The SMILES string of the molecule is COc1ccc(C(NC(=O)C2CCN(C(=O)c3ccco3)CC2)c2ccccn2)cc1. The Balaban J connectivity index is 1.43. The Morgan fingerprint density at radius 1 is 1.10 bits per heavy atom. The first kappa shape index (κ1) is 20.7. The lowest BCUT2D eigenvalue weighted by Crippen LogP contribution is -2.43. The molecule has 4 rings (SSSR count). The van der Waals surface area contributed by atoms with Crippen molar-refractivity contribution >= 4 is 11.8 Å². The van der Waals surface area contributed by atoms with Gasteiger partial charge in [0.25, 0.3) is 5.91 Å². The fourth-order valence-electron chi connectivity index (χ4n) is 3.83. The van der Waals surface area contributed by atoms with Crippen LogP contribution >= 0.6 is 0 Å². The van der Waals surface area contributed by atoms with Gasteiger partial charge < -0.3 is 19.4 Å². The molecule has 0 spiro atoms. The van der Waals surface area contributed by atoms with Gasteiger partial charge in [-0.1, -0.05) is 18.2 Å². The molecule has 1 N–H and O–H groups in total. The number of benzene rings is 1. The lowest BCUT2D eigenvalue weighted by atomic mass is 9.94. The smallest absolute Gasteiger partial charge is 0.289 e. The van der Waals surface area contributed by atoms with Gasteiger partial charge in [0.05, 0.1) is 25.1 Å². The molecule has 1 atom stereocenters. The molecule has 3 aromatic rings. The summed E-state index contributed by atoms with van der Waals surface area (Å²) in [4.78, 5) is 31.7. The summed E-state index contributed by atoms with van der Waals surface area (Å²) in [6.07, 6.45) is 4.42. The number of nitrogens with zero attached hydrogens (tertiary/aromatic N) is 2. The number of carbonyl (C=O) groups is 2. The Morgan fingerprint density at radius 3 is 2.48 bits per heavy atom. The fourth-order valence-corrected chi connectivity index (χ4v) is 3.83. The van der Waals surface area contributed by atoms with Crippen LogP contribution < -0.4 is 10.1 Å². The fraction of sp³-hybridized carbons (Fsp3) is 0.292. The van der Waals surface area contributed by atoms with Crippen molar-refractivity contribution in [3.63, 3.8) is 0 Å². The molecule has 0 saturated carbocycles. The Labute approximate surface area is 181 Å². The monoisotopic (exact) mass is 419 g/mol. The first-order chi connectivity index (χ1) is 15.2. The lowest BCUT2D eigenvalue weighted by Gasteiger charge is -2.31. The summed E-state index contributed by atoms with van der Waals surface area (Å²) in [7, 11) is 1.62. The van der Waals surface area contributed by atoms with Gasteiger partial charge in [0, 0.05) is 25.2 Å². The first-order valence-corrected chi connectivity index (χ1v) is 10.3. The van der Waals surface area contributed by atoms with Crippen LogP contribution in [-0.2, 0) is 4.79 Å². The van der Waals surface area contributed by atoms with E-state index in [0.29, 0.717) is 31.7 Å². The van der Waals surface area contributed by atoms with E-state index in [1.807, 2.05) is 42.5 Å². The predicted octanol–water partition coefficient (Wildman–Crippen LogP) is 3.44. The second-order valence-corrected chi connectivity index (χ2v) is 7.51. The molecule has 1 aromatic carbocycles. The zero-order chi connectivity index (χ0) is 21.6. The van der Waals surface area contributed by atoms with Crippen molar-refractivity contribution in [2.45, 2.75) is 18.9 Å². The van der Waals surface area contributed by atoms with Crippen LogP contribution in [0, 0.1) is 5.92 Å². The lowest BCUT2D eigenvalue weighted by molar-refractivity contribution is -0.126. The Kier molecular flexibility index (Phi) is 6.31. The second kappa shape index (κ2) is 9.47. The molecule has 3 heterocycles.